The van der Waals surface area contributed by atoms with Crippen LogP contribution in [0.4, 0.5) is 20.2 Å². The highest BCUT2D eigenvalue weighted by Crippen LogP contribution is 2.52. The van der Waals surface area contributed by atoms with Crippen LogP contribution in [0.5, 0.6) is 0 Å². The molecule has 1 aromatic heterocycles. The van der Waals surface area contributed by atoms with Gasteiger partial charge in [0.2, 0.25) is 17.7 Å². The number of hydrogen-bond acceptors (Lipinski definition) is 7. The van der Waals surface area contributed by atoms with Crippen molar-refractivity contribution in [2.24, 2.45) is 11.8 Å². The monoisotopic (exact) mass is 894 g/mol. The van der Waals surface area contributed by atoms with Crippen molar-refractivity contribution >= 4 is 55.9 Å². The Morgan fingerprint density at radius 2 is 1.48 bits per heavy atom. The third-order valence-corrected chi connectivity index (χ3v) is 15.7. The molecule has 6 aliphatic rings. The fourth-order valence-electron chi connectivity index (χ4n) is 11.7. The van der Waals surface area contributed by atoms with Gasteiger partial charge in [0.05, 0.1) is 22.0 Å². The smallest absolute Gasteiger partial charge is 0.281 e. The SMILES string of the molecule is O=C(C1CCN(c2cc(F)c(N3C(=O)CCCC3=O)c(F)c2)CC1)N1CCC(CN2CCC(c3ccc4c(c3)-n3c(nc(=O)c5c(Br)cccc53)C43CCCCC3)CC2)CC1. The van der Waals surface area contributed by atoms with E-state index < -0.39 is 29.1 Å². The molecule has 1 aliphatic carbocycles. The molecule has 3 amide bonds. The molecule has 0 N–H and O–H groups in total. The van der Waals surface area contributed by atoms with Crippen molar-refractivity contribution in [2.45, 2.75) is 101 Å². The first-order chi connectivity index (χ1) is 29.6. The minimum atomic E-state index is -0.928. The number of carbonyl (C=O) groups excluding carboxylic acids is 3. The normalized spacial score (nSPS) is 21.7. The number of benzene rings is 3. The highest BCUT2D eigenvalue weighted by Gasteiger charge is 2.47. The topological polar surface area (TPSA) is 99.1 Å². The summed E-state index contributed by atoms with van der Waals surface area (Å²) in [7, 11) is 0. The van der Waals surface area contributed by atoms with Gasteiger partial charge in [-0.25, -0.2) is 13.7 Å². The number of aromatic nitrogens is 2. The summed E-state index contributed by atoms with van der Waals surface area (Å²) in [6, 6.07) is 15.5. The van der Waals surface area contributed by atoms with E-state index in [9.17, 15) is 19.2 Å². The van der Waals surface area contributed by atoms with Crippen LogP contribution in [0.3, 0.4) is 0 Å². The Hall–Kier alpha value is -4.49. The quantitative estimate of drug-likeness (QED) is 0.180. The van der Waals surface area contributed by atoms with Gasteiger partial charge < -0.3 is 14.7 Å². The molecule has 5 fully saturated rings. The summed E-state index contributed by atoms with van der Waals surface area (Å²) in [5.74, 6) is -1.02. The summed E-state index contributed by atoms with van der Waals surface area (Å²) < 4.78 is 33.5. The lowest BCUT2D eigenvalue weighted by atomic mass is 9.69. The van der Waals surface area contributed by atoms with Gasteiger partial charge in [-0.2, -0.15) is 4.98 Å². The first kappa shape index (κ1) is 40.6. The number of hydrogen-bond donors (Lipinski definition) is 0. The third-order valence-electron chi connectivity index (χ3n) is 15.0. The average molecular weight is 896 g/mol. The Morgan fingerprint density at radius 3 is 2.16 bits per heavy atom. The Morgan fingerprint density at radius 1 is 0.787 bits per heavy atom. The summed E-state index contributed by atoms with van der Waals surface area (Å²) in [6.45, 7) is 5.67. The molecular weight excluding hydrogens is 842 g/mol. The van der Waals surface area contributed by atoms with E-state index in [-0.39, 0.29) is 35.6 Å². The van der Waals surface area contributed by atoms with Gasteiger partial charge in [-0.05, 0) is 140 Å². The maximum absolute atomic E-state index is 15.2. The van der Waals surface area contributed by atoms with Gasteiger partial charge >= 0.3 is 0 Å². The molecule has 5 aliphatic heterocycles. The summed E-state index contributed by atoms with van der Waals surface area (Å²) in [6.07, 6.45) is 11.5. The van der Waals surface area contributed by atoms with Crippen LogP contribution in [0.1, 0.15) is 113 Å². The number of nitrogens with zero attached hydrogens (tertiary/aromatic N) is 6. The van der Waals surface area contributed by atoms with Crippen molar-refractivity contribution < 1.29 is 23.2 Å². The van der Waals surface area contributed by atoms with E-state index in [1.807, 2.05) is 21.9 Å². The first-order valence-electron chi connectivity index (χ1n) is 22.6. The van der Waals surface area contributed by atoms with Gasteiger partial charge in [-0.3, -0.25) is 23.7 Å². The minimum Gasteiger partial charge on any atom is -0.371 e. The highest BCUT2D eigenvalue weighted by atomic mass is 79.9. The molecule has 10 nitrogen and oxygen atoms in total. The number of piperidine rings is 4. The minimum absolute atomic E-state index is 0.0844. The van der Waals surface area contributed by atoms with Gasteiger partial charge in [-0.15, -0.1) is 0 Å². The van der Waals surface area contributed by atoms with Crippen LogP contribution < -0.4 is 15.4 Å². The molecule has 4 aromatic rings. The summed E-state index contributed by atoms with van der Waals surface area (Å²) >= 11 is 3.64. The van der Waals surface area contributed by atoms with E-state index in [0.29, 0.717) is 60.2 Å². The molecule has 320 valence electrons. The number of halogens is 3. The van der Waals surface area contributed by atoms with Gasteiger partial charge in [0, 0.05) is 61.6 Å². The second-order valence-electron chi connectivity index (χ2n) is 18.5. The van der Waals surface area contributed by atoms with Crippen LogP contribution in [0.2, 0.25) is 0 Å². The molecule has 61 heavy (non-hydrogen) atoms. The van der Waals surface area contributed by atoms with Crippen LogP contribution in [0.25, 0.3) is 16.6 Å². The highest BCUT2D eigenvalue weighted by molar-refractivity contribution is 9.10. The molecule has 10 rings (SSSR count). The number of amides is 3. The molecule has 0 atom stereocenters. The van der Waals surface area contributed by atoms with E-state index in [1.165, 1.54) is 35.4 Å². The number of rotatable bonds is 6. The van der Waals surface area contributed by atoms with Gasteiger partial charge in [0.25, 0.3) is 5.56 Å². The molecule has 0 bridgehead atoms. The predicted octanol–water partition coefficient (Wildman–Crippen LogP) is 8.37. The zero-order valence-corrected chi connectivity index (χ0v) is 36.2. The zero-order valence-electron chi connectivity index (χ0n) is 34.7. The zero-order chi connectivity index (χ0) is 42.0. The molecule has 6 heterocycles. The Balaban J connectivity index is 0.728. The summed E-state index contributed by atoms with van der Waals surface area (Å²) in [4.78, 5) is 63.8. The lowest BCUT2D eigenvalue weighted by molar-refractivity contribution is -0.137. The number of carbonyl (C=O) groups is 3. The molecule has 13 heteroatoms. The van der Waals surface area contributed by atoms with E-state index in [0.717, 1.165) is 99.9 Å². The Bertz CT molecular complexity index is 2420. The van der Waals surface area contributed by atoms with Crippen LogP contribution in [0.15, 0.2) is 57.8 Å². The van der Waals surface area contributed by atoms with Crippen LogP contribution in [-0.4, -0.2) is 82.9 Å². The Kier molecular flexibility index (Phi) is 10.9. The number of likely N-dealkylation sites (tertiary alicyclic amines) is 2. The van der Waals surface area contributed by atoms with Gasteiger partial charge in [-0.1, -0.05) is 37.5 Å². The maximum atomic E-state index is 15.2. The van der Waals surface area contributed by atoms with Crippen molar-refractivity contribution in [3.05, 3.63) is 91.9 Å². The van der Waals surface area contributed by atoms with Gasteiger partial charge in [0.1, 0.15) is 11.5 Å². The number of imide groups is 1. The van der Waals surface area contributed by atoms with Crippen LogP contribution in [-0.2, 0) is 19.8 Å². The second kappa shape index (κ2) is 16.3. The number of fused-ring (bicyclic) bond motifs is 7. The lowest BCUT2D eigenvalue weighted by Gasteiger charge is -2.40. The van der Waals surface area contributed by atoms with E-state index in [1.54, 1.807) is 0 Å². The molecule has 3 aromatic carbocycles. The molecule has 4 saturated heterocycles. The molecular formula is C48H53BrF2N6O4. The molecule has 1 spiro atoms. The van der Waals surface area contributed by atoms with Crippen LogP contribution >= 0.6 is 15.9 Å². The van der Waals surface area contributed by atoms with Gasteiger partial charge in [0.15, 0.2) is 11.6 Å². The van der Waals surface area contributed by atoms with E-state index in [2.05, 4.69) is 49.7 Å². The van der Waals surface area contributed by atoms with Crippen molar-refractivity contribution in [3.63, 3.8) is 0 Å². The average Bonchev–Trinajstić information content (AvgIpc) is 3.52. The van der Waals surface area contributed by atoms with Crippen LogP contribution in [0, 0.1) is 23.5 Å². The largest absolute Gasteiger partial charge is 0.371 e. The predicted molar refractivity (Wildman–Crippen MR) is 234 cm³/mol. The van der Waals surface area contributed by atoms with Crippen molar-refractivity contribution in [2.75, 3.05) is 55.6 Å². The standard InChI is InChI=1S/C48H53BrF2N6O4/c49-36-6-4-7-39-43(36)45(60)52-47-48(18-2-1-3-19-48)35-11-10-33(26-40(35)56(39)47)31-14-20-53(21-15-31)29-30-12-22-55(23-13-30)46(61)32-16-24-54(25-17-32)34-27-37(50)44(38(51)28-34)57-41(58)8-5-9-42(57)59/h4,6-7,10-11,26-28,30-32H,1-3,5,8-9,12-25,29H2. The molecule has 0 radical (unpaired) electrons. The summed E-state index contributed by atoms with van der Waals surface area (Å²) in [5.41, 5.74) is 4.23. The molecule has 1 saturated carbocycles. The molecule has 0 unspecified atom stereocenters. The fraction of sp³-hybridized carbons (Fsp3) is 0.521. The first-order valence-corrected chi connectivity index (χ1v) is 23.4. The number of anilines is 2. The second-order valence-corrected chi connectivity index (χ2v) is 19.3. The van der Waals surface area contributed by atoms with Crippen molar-refractivity contribution in [3.8, 4) is 5.69 Å². The fourth-order valence-corrected chi connectivity index (χ4v) is 12.2. The Labute approximate surface area is 363 Å². The van der Waals surface area contributed by atoms with Crippen molar-refractivity contribution in [1.82, 2.24) is 19.4 Å². The van der Waals surface area contributed by atoms with E-state index in [4.69, 9.17) is 4.98 Å². The van der Waals surface area contributed by atoms with Crippen molar-refractivity contribution in [1.29, 1.82) is 0 Å². The van der Waals surface area contributed by atoms with E-state index >= 15 is 8.78 Å². The third kappa shape index (κ3) is 7.21. The maximum Gasteiger partial charge on any atom is 0.281 e. The lowest BCUT2D eigenvalue weighted by Crippen LogP contribution is -2.47. The summed E-state index contributed by atoms with van der Waals surface area (Å²) in [5, 5.41) is 0.644.